The summed E-state index contributed by atoms with van der Waals surface area (Å²) in [7, 11) is 2.02. The smallest absolute Gasteiger partial charge is 0.180 e. The van der Waals surface area contributed by atoms with Crippen LogP contribution in [0.1, 0.15) is 43.5 Å². The molecule has 5 nitrogen and oxygen atoms in total. The number of para-hydroxylation sites is 2. The van der Waals surface area contributed by atoms with Crippen LogP contribution in [-0.4, -0.2) is 40.0 Å². The maximum atomic E-state index is 15.0. The van der Waals surface area contributed by atoms with Crippen LogP contribution >= 0.6 is 15.9 Å². The molecule has 2 aliphatic carbocycles. The van der Waals surface area contributed by atoms with Crippen molar-refractivity contribution >= 4 is 38.5 Å². The molecular weight excluding hydrogens is 550 g/mol. The highest BCUT2D eigenvalue weighted by Gasteiger charge is 2.77. The van der Waals surface area contributed by atoms with Crippen LogP contribution < -0.4 is 0 Å². The Balaban J connectivity index is 1.54. The lowest BCUT2D eigenvalue weighted by Gasteiger charge is -2.44. The Morgan fingerprint density at radius 2 is 1.31 bits per heavy atom. The van der Waals surface area contributed by atoms with E-state index >= 15 is 0 Å². The number of likely N-dealkylation sites (N-methyl/N-ethyl adjacent to an activating group) is 1. The molecule has 188 valence electrons. The minimum atomic E-state index is -1.45. The van der Waals surface area contributed by atoms with E-state index in [0.717, 1.165) is 37.9 Å². The molecule has 2 heterocycles. The van der Waals surface area contributed by atoms with E-state index in [9.17, 15) is 9.59 Å². The van der Waals surface area contributed by atoms with Gasteiger partial charge in [0.15, 0.2) is 11.6 Å². The first-order valence-electron chi connectivity index (χ1n) is 13.0. The summed E-state index contributed by atoms with van der Waals surface area (Å²) in [6.45, 7) is 0.509. The van der Waals surface area contributed by atoms with E-state index in [0.29, 0.717) is 23.4 Å². The van der Waals surface area contributed by atoms with Gasteiger partial charge in [0.25, 0.3) is 0 Å². The lowest BCUT2D eigenvalue weighted by atomic mass is 9.58. The lowest BCUT2D eigenvalue weighted by molar-refractivity contribution is 0.0462. The number of hydrogen-bond donors (Lipinski definition) is 0. The third-order valence-electron chi connectivity index (χ3n) is 9.01. The summed E-state index contributed by atoms with van der Waals surface area (Å²) in [4.78, 5) is 42.5. The highest BCUT2D eigenvalue weighted by Crippen LogP contribution is 2.69. The van der Waals surface area contributed by atoms with Gasteiger partial charge in [0, 0.05) is 33.6 Å². The van der Waals surface area contributed by atoms with Gasteiger partial charge < -0.3 is 0 Å². The Morgan fingerprint density at radius 3 is 1.97 bits per heavy atom. The lowest BCUT2D eigenvalue weighted by Crippen LogP contribution is -2.56. The molecule has 3 aliphatic rings. The van der Waals surface area contributed by atoms with E-state index in [4.69, 9.17) is 9.97 Å². The van der Waals surface area contributed by atoms with Crippen molar-refractivity contribution in [2.75, 3.05) is 13.6 Å². The molecule has 0 N–H and O–H groups in total. The summed E-state index contributed by atoms with van der Waals surface area (Å²) in [6, 6.07) is 31.1. The number of fused-ring (bicyclic) bond motifs is 8. The van der Waals surface area contributed by atoms with Crippen LogP contribution in [0.4, 0.5) is 0 Å². The van der Waals surface area contributed by atoms with Gasteiger partial charge in [-0.2, -0.15) is 0 Å². The van der Waals surface area contributed by atoms with E-state index < -0.39 is 16.9 Å². The first-order valence-corrected chi connectivity index (χ1v) is 13.8. The van der Waals surface area contributed by atoms with Crippen LogP contribution in [0, 0.1) is 5.41 Å². The molecule has 4 aromatic carbocycles. The van der Waals surface area contributed by atoms with Crippen molar-refractivity contribution in [2.24, 2.45) is 5.41 Å². The molecule has 39 heavy (non-hydrogen) atoms. The zero-order chi connectivity index (χ0) is 26.5. The van der Waals surface area contributed by atoms with Gasteiger partial charge in [-0.25, -0.2) is 9.97 Å². The highest BCUT2D eigenvalue weighted by molar-refractivity contribution is 9.10. The fourth-order valence-electron chi connectivity index (χ4n) is 7.56. The van der Waals surface area contributed by atoms with E-state index in [1.54, 1.807) is 12.1 Å². The second kappa shape index (κ2) is 7.78. The number of nitrogens with zero attached hydrogens (tertiary/aromatic N) is 3. The van der Waals surface area contributed by atoms with Crippen LogP contribution in [0.2, 0.25) is 0 Å². The van der Waals surface area contributed by atoms with E-state index in [-0.39, 0.29) is 11.6 Å². The van der Waals surface area contributed by atoms with Crippen molar-refractivity contribution in [2.45, 2.75) is 11.5 Å². The summed E-state index contributed by atoms with van der Waals surface area (Å²) >= 11 is 3.55. The maximum Gasteiger partial charge on any atom is 0.180 e. The molecule has 8 rings (SSSR count). The van der Waals surface area contributed by atoms with Gasteiger partial charge in [0.1, 0.15) is 11.0 Å². The van der Waals surface area contributed by atoms with Gasteiger partial charge in [0.2, 0.25) is 0 Å². The standard InChI is InChI=1S/C33H22BrN3O2/c1-37-18-25(19-14-16-20(34)17-15-19)32(30(38)21-8-2-3-9-22(21)31(32)39)33(37)24-11-5-4-10-23(24)28-29(33)36-27-13-7-6-12-26(27)35-28/h2-17,25H,18H2,1H3/t25-,33+/m1/s1. The minimum absolute atomic E-state index is 0.141. The highest BCUT2D eigenvalue weighted by atomic mass is 79.9. The summed E-state index contributed by atoms with van der Waals surface area (Å²) in [5.41, 5.74) is 4.14. The number of likely N-dealkylation sites (tertiary alicyclic amines) is 1. The number of halogens is 1. The van der Waals surface area contributed by atoms with Gasteiger partial charge in [-0.3, -0.25) is 14.5 Å². The van der Waals surface area contributed by atoms with Gasteiger partial charge in [-0.1, -0.05) is 88.7 Å². The molecule has 0 bridgehead atoms. The predicted molar refractivity (Wildman–Crippen MR) is 153 cm³/mol. The molecule has 1 aliphatic heterocycles. The Hall–Kier alpha value is -4.00. The Morgan fingerprint density at radius 1 is 0.744 bits per heavy atom. The number of rotatable bonds is 1. The fourth-order valence-corrected chi connectivity index (χ4v) is 7.83. The predicted octanol–water partition coefficient (Wildman–Crippen LogP) is 6.41. The Labute approximate surface area is 233 Å². The monoisotopic (exact) mass is 571 g/mol. The van der Waals surface area contributed by atoms with Crippen LogP contribution in [-0.2, 0) is 5.54 Å². The van der Waals surface area contributed by atoms with Crippen LogP contribution in [0.5, 0.6) is 0 Å². The molecule has 1 aromatic heterocycles. The second-order valence-corrected chi connectivity index (χ2v) is 11.6. The first kappa shape index (κ1) is 22.9. The number of ketones is 2. The number of carbonyl (C=O) groups excluding carboxylic acids is 2. The molecular formula is C33H22BrN3O2. The van der Waals surface area contributed by atoms with Crippen LogP contribution in [0.15, 0.2) is 102 Å². The summed E-state index contributed by atoms with van der Waals surface area (Å²) < 4.78 is 0.947. The van der Waals surface area contributed by atoms with Gasteiger partial charge in [-0.05, 0) is 42.4 Å². The largest absolute Gasteiger partial charge is 0.293 e. The fraction of sp³-hybridized carbons (Fsp3) is 0.152. The molecule has 6 heteroatoms. The minimum Gasteiger partial charge on any atom is -0.293 e. The van der Waals surface area contributed by atoms with E-state index in [2.05, 4.69) is 26.9 Å². The molecule has 0 saturated carbocycles. The molecule has 2 atom stereocenters. The van der Waals surface area contributed by atoms with Crippen molar-refractivity contribution < 1.29 is 9.59 Å². The number of hydrogen-bond acceptors (Lipinski definition) is 5. The first-order chi connectivity index (χ1) is 19.0. The summed E-state index contributed by atoms with van der Waals surface area (Å²) in [5, 5.41) is 0. The zero-order valence-corrected chi connectivity index (χ0v) is 22.6. The molecule has 1 saturated heterocycles. The van der Waals surface area contributed by atoms with Gasteiger partial charge in [-0.15, -0.1) is 0 Å². The Kier molecular flexibility index (Phi) is 4.57. The molecule has 0 radical (unpaired) electrons. The van der Waals surface area contributed by atoms with Gasteiger partial charge in [0.05, 0.1) is 22.4 Å². The molecule has 0 amide bonds. The molecule has 1 fully saturated rings. The van der Waals surface area contributed by atoms with E-state index in [1.807, 2.05) is 85.9 Å². The molecule has 0 unspecified atom stereocenters. The topological polar surface area (TPSA) is 63.2 Å². The average Bonchev–Trinajstić information content (AvgIpc) is 3.50. The Bertz CT molecular complexity index is 1850. The third-order valence-corrected chi connectivity index (χ3v) is 9.54. The van der Waals surface area contributed by atoms with Crippen LogP contribution in [0.3, 0.4) is 0 Å². The number of benzene rings is 4. The third kappa shape index (κ3) is 2.59. The van der Waals surface area contributed by atoms with Crippen LogP contribution in [0.25, 0.3) is 22.3 Å². The normalized spacial score (nSPS) is 22.6. The van der Waals surface area contributed by atoms with Crippen molar-refractivity contribution in [3.8, 4) is 11.3 Å². The van der Waals surface area contributed by atoms with Crippen molar-refractivity contribution in [1.82, 2.24) is 14.9 Å². The van der Waals surface area contributed by atoms with Crippen molar-refractivity contribution in [3.63, 3.8) is 0 Å². The number of Topliss-reactive ketones (excluding diaryl/α,β-unsaturated/α-hetero) is 2. The van der Waals surface area contributed by atoms with Crippen molar-refractivity contribution in [3.05, 3.63) is 129 Å². The molecule has 2 spiro atoms. The summed E-state index contributed by atoms with van der Waals surface area (Å²) in [5.74, 6) is -0.675. The molecule has 5 aromatic rings. The summed E-state index contributed by atoms with van der Waals surface area (Å²) in [6.07, 6.45) is 0. The van der Waals surface area contributed by atoms with Crippen molar-refractivity contribution in [1.29, 1.82) is 0 Å². The van der Waals surface area contributed by atoms with Gasteiger partial charge >= 0.3 is 0 Å². The second-order valence-electron chi connectivity index (χ2n) is 10.7. The zero-order valence-electron chi connectivity index (χ0n) is 21.1. The number of aromatic nitrogens is 2. The SMILES string of the molecule is CN1C[C@H](c2ccc(Br)cc2)C2(C(=O)c3ccccc3C2=O)[C@@]12c1ccccc1-c1nc3ccccc3nc12. The maximum absolute atomic E-state index is 15.0. The quantitative estimate of drug-likeness (QED) is 0.217. The van der Waals surface area contributed by atoms with E-state index in [1.165, 1.54) is 0 Å². The average molecular weight is 572 g/mol. The number of carbonyl (C=O) groups is 2.